The van der Waals surface area contributed by atoms with Crippen LogP contribution in [0.3, 0.4) is 0 Å². The molecule has 0 saturated carbocycles. The third-order valence-electron chi connectivity index (χ3n) is 4.15. The highest BCUT2D eigenvalue weighted by molar-refractivity contribution is 6.30. The smallest absolute Gasteiger partial charge is 0.255 e. The van der Waals surface area contributed by atoms with Gasteiger partial charge in [-0.15, -0.1) is 0 Å². The van der Waals surface area contributed by atoms with Crippen LogP contribution in [0.15, 0.2) is 54.6 Å². The third-order valence-corrected chi connectivity index (χ3v) is 4.40. The van der Waals surface area contributed by atoms with Crippen molar-refractivity contribution in [3.63, 3.8) is 0 Å². The van der Waals surface area contributed by atoms with Gasteiger partial charge in [-0.1, -0.05) is 54.1 Å². The molecule has 0 atom stereocenters. The van der Waals surface area contributed by atoms with Gasteiger partial charge < -0.3 is 5.32 Å². The fourth-order valence-corrected chi connectivity index (χ4v) is 2.93. The Hall–Kier alpha value is -2.59. The summed E-state index contributed by atoms with van der Waals surface area (Å²) < 4.78 is 1.88. The van der Waals surface area contributed by atoms with Crippen molar-refractivity contribution in [2.45, 2.75) is 26.9 Å². The van der Waals surface area contributed by atoms with Crippen LogP contribution in [0.5, 0.6) is 0 Å². The number of carbonyl (C=O) groups is 1. The van der Waals surface area contributed by atoms with E-state index in [1.165, 1.54) is 0 Å². The van der Waals surface area contributed by atoms with Gasteiger partial charge in [0.15, 0.2) is 0 Å². The number of halogens is 1. The molecule has 1 N–H and O–H groups in total. The Kier molecular flexibility index (Phi) is 5.19. The monoisotopic (exact) mass is 353 g/mol. The number of carbonyl (C=O) groups excluding carboxylic acids is 1. The number of hydrogen-bond acceptors (Lipinski definition) is 2. The van der Waals surface area contributed by atoms with E-state index in [1.54, 1.807) is 0 Å². The van der Waals surface area contributed by atoms with E-state index in [0.29, 0.717) is 23.7 Å². The molecule has 0 radical (unpaired) electrons. The summed E-state index contributed by atoms with van der Waals surface area (Å²) in [6, 6.07) is 17.5. The lowest BCUT2D eigenvalue weighted by Crippen LogP contribution is -2.24. The van der Waals surface area contributed by atoms with Gasteiger partial charge in [0.2, 0.25) is 0 Å². The molecule has 0 unspecified atom stereocenters. The first-order valence-electron chi connectivity index (χ1n) is 8.15. The first-order chi connectivity index (χ1) is 12.0. The van der Waals surface area contributed by atoms with Gasteiger partial charge in [-0.05, 0) is 37.1 Å². The molecular formula is C20H20ClN3O. The molecular weight excluding hydrogens is 334 g/mol. The van der Waals surface area contributed by atoms with Gasteiger partial charge in [0.1, 0.15) is 0 Å². The maximum Gasteiger partial charge on any atom is 0.255 e. The zero-order valence-electron chi connectivity index (χ0n) is 14.3. The number of aryl methyl sites for hydroxylation is 1. The van der Waals surface area contributed by atoms with Gasteiger partial charge in [-0.25, -0.2) is 0 Å². The number of benzene rings is 2. The zero-order valence-corrected chi connectivity index (χ0v) is 15.0. The van der Waals surface area contributed by atoms with Crippen LogP contribution in [-0.4, -0.2) is 15.7 Å². The highest BCUT2D eigenvalue weighted by Gasteiger charge is 2.18. The molecule has 1 amide bonds. The van der Waals surface area contributed by atoms with Crippen LogP contribution in [-0.2, 0) is 13.1 Å². The Morgan fingerprint density at radius 3 is 2.40 bits per heavy atom. The minimum atomic E-state index is -0.107. The van der Waals surface area contributed by atoms with Crippen LogP contribution in [0.2, 0.25) is 5.02 Å². The average Bonchev–Trinajstić information content (AvgIpc) is 2.89. The Balaban J connectivity index is 1.73. The summed E-state index contributed by atoms with van der Waals surface area (Å²) in [6.07, 6.45) is 0. The van der Waals surface area contributed by atoms with Crippen LogP contribution in [0.25, 0.3) is 0 Å². The first-order valence-corrected chi connectivity index (χ1v) is 8.53. The summed E-state index contributed by atoms with van der Waals surface area (Å²) in [6.45, 7) is 4.91. The minimum Gasteiger partial charge on any atom is -0.348 e. The molecule has 3 aromatic rings. The SMILES string of the molecule is Cc1nn(Cc2ccccc2)c(C)c1C(=O)NCc1ccc(Cl)cc1. The molecule has 128 valence electrons. The molecule has 0 aliphatic carbocycles. The van der Waals surface area contributed by atoms with Crippen molar-refractivity contribution in [2.24, 2.45) is 0 Å². The maximum atomic E-state index is 12.6. The first kappa shape index (κ1) is 17.2. The Bertz CT molecular complexity index is 870. The van der Waals surface area contributed by atoms with Gasteiger partial charge >= 0.3 is 0 Å². The molecule has 25 heavy (non-hydrogen) atoms. The second-order valence-corrected chi connectivity index (χ2v) is 6.43. The van der Waals surface area contributed by atoms with E-state index in [2.05, 4.69) is 22.5 Å². The van der Waals surface area contributed by atoms with E-state index in [4.69, 9.17) is 11.6 Å². The minimum absolute atomic E-state index is 0.107. The van der Waals surface area contributed by atoms with Crippen molar-refractivity contribution >= 4 is 17.5 Å². The highest BCUT2D eigenvalue weighted by atomic mass is 35.5. The van der Waals surface area contributed by atoms with Crippen molar-refractivity contribution < 1.29 is 4.79 Å². The molecule has 2 aromatic carbocycles. The summed E-state index contributed by atoms with van der Waals surface area (Å²) in [5.41, 5.74) is 4.41. The van der Waals surface area contributed by atoms with Gasteiger partial charge in [0, 0.05) is 17.3 Å². The molecule has 0 bridgehead atoms. The second-order valence-electron chi connectivity index (χ2n) is 6.00. The predicted molar refractivity (Wildman–Crippen MR) is 99.9 cm³/mol. The van der Waals surface area contributed by atoms with E-state index in [1.807, 2.05) is 61.0 Å². The number of hydrogen-bond donors (Lipinski definition) is 1. The van der Waals surface area contributed by atoms with Crippen molar-refractivity contribution in [1.82, 2.24) is 15.1 Å². The highest BCUT2D eigenvalue weighted by Crippen LogP contribution is 2.15. The van der Waals surface area contributed by atoms with Crippen LogP contribution in [0.1, 0.15) is 32.9 Å². The summed E-state index contributed by atoms with van der Waals surface area (Å²) in [4.78, 5) is 12.6. The maximum absolute atomic E-state index is 12.6. The fourth-order valence-electron chi connectivity index (χ4n) is 2.81. The van der Waals surface area contributed by atoms with Crippen LogP contribution < -0.4 is 5.32 Å². The number of nitrogens with one attached hydrogen (secondary N) is 1. The van der Waals surface area contributed by atoms with Gasteiger partial charge in [0.25, 0.3) is 5.91 Å². The molecule has 0 aliphatic rings. The lowest BCUT2D eigenvalue weighted by Gasteiger charge is -2.07. The van der Waals surface area contributed by atoms with Crippen molar-refractivity contribution in [3.8, 4) is 0 Å². The van der Waals surface area contributed by atoms with E-state index >= 15 is 0 Å². The average molecular weight is 354 g/mol. The molecule has 1 heterocycles. The topological polar surface area (TPSA) is 46.9 Å². The standard InChI is InChI=1S/C20H20ClN3O/c1-14-19(20(25)22-12-16-8-10-18(21)11-9-16)15(2)24(23-14)13-17-6-4-3-5-7-17/h3-11H,12-13H2,1-2H3,(H,22,25). The second kappa shape index (κ2) is 7.53. The van der Waals surface area contributed by atoms with Gasteiger partial charge in [0.05, 0.1) is 17.8 Å². The molecule has 0 spiro atoms. The summed E-state index contributed by atoms with van der Waals surface area (Å²) in [5.74, 6) is -0.107. The van der Waals surface area contributed by atoms with Gasteiger partial charge in [-0.2, -0.15) is 5.10 Å². The molecule has 0 fully saturated rings. The Morgan fingerprint density at radius 1 is 1.04 bits per heavy atom. The molecule has 5 heteroatoms. The molecule has 0 aliphatic heterocycles. The number of nitrogens with zero attached hydrogens (tertiary/aromatic N) is 2. The fraction of sp³-hybridized carbons (Fsp3) is 0.200. The zero-order chi connectivity index (χ0) is 17.8. The van der Waals surface area contributed by atoms with Crippen LogP contribution in [0.4, 0.5) is 0 Å². The van der Waals surface area contributed by atoms with E-state index in [-0.39, 0.29) is 5.91 Å². The molecule has 3 rings (SSSR count). The van der Waals surface area contributed by atoms with E-state index in [0.717, 1.165) is 22.5 Å². The van der Waals surface area contributed by atoms with Crippen LogP contribution in [0, 0.1) is 13.8 Å². The lowest BCUT2D eigenvalue weighted by atomic mass is 10.1. The van der Waals surface area contributed by atoms with Crippen molar-refractivity contribution in [2.75, 3.05) is 0 Å². The van der Waals surface area contributed by atoms with Crippen molar-refractivity contribution in [3.05, 3.63) is 87.7 Å². The number of rotatable bonds is 5. The normalized spacial score (nSPS) is 10.7. The molecule has 1 aromatic heterocycles. The van der Waals surface area contributed by atoms with E-state index < -0.39 is 0 Å². The molecule has 0 saturated heterocycles. The Morgan fingerprint density at radius 2 is 1.72 bits per heavy atom. The van der Waals surface area contributed by atoms with Gasteiger partial charge in [-0.3, -0.25) is 9.48 Å². The largest absolute Gasteiger partial charge is 0.348 e. The summed E-state index contributed by atoms with van der Waals surface area (Å²) >= 11 is 5.88. The summed E-state index contributed by atoms with van der Waals surface area (Å²) in [7, 11) is 0. The molecule has 4 nitrogen and oxygen atoms in total. The van der Waals surface area contributed by atoms with Crippen LogP contribution >= 0.6 is 11.6 Å². The number of amides is 1. The van der Waals surface area contributed by atoms with Crippen molar-refractivity contribution in [1.29, 1.82) is 0 Å². The third kappa shape index (κ3) is 4.09. The predicted octanol–water partition coefficient (Wildman–Crippen LogP) is 4.13. The number of aromatic nitrogens is 2. The van der Waals surface area contributed by atoms with E-state index in [9.17, 15) is 4.79 Å². The lowest BCUT2D eigenvalue weighted by molar-refractivity contribution is 0.0949. The summed E-state index contributed by atoms with van der Waals surface area (Å²) in [5, 5.41) is 8.17. The quantitative estimate of drug-likeness (QED) is 0.749. The Labute approximate surface area is 152 Å².